The average molecular weight is 616 g/mol. The Hall–Kier alpha value is -3.92. The summed E-state index contributed by atoms with van der Waals surface area (Å²) in [5.41, 5.74) is 2.44. The van der Waals surface area contributed by atoms with Gasteiger partial charge in [0.05, 0.1) is 35.4 Å². The highest BCUT2D eigenvalue weighted by atomic mass is 32.2. The summed E-state index contributed by atoms with van der Waals surface area (Å²) in [7, 11) is -4.24. The van der Waals surface area contributed by atoms with Crippen LogP contribution in [0.2, 0.25) is 0 Å². The standard InChI is InChI=1S/C28H31F2N7O5S/c29-17-12-18(30)14-20(13-17)43(40,41)37-7-5-23-22(16-37)26(35-34-23)33-27(38)21-4-3-19(36-8-10-42-11-9-36)15-25(21)32-28(39)24-2-1-6-31-24/h3-4,12-15,24,31H,1-2,5-11,16H2,(H,32,39)(H2,33,34,35,38)/t24-/m1/s1. The van der Waals surface area contributed by atoms with Crippen molar-refractivity contribution in [2.45, 2.75) is 36.7 Å². The molecule has 3 aromatic rings. The first-order chi connectivity index (χ1) is 20.7. The van der Waals surface area contributed by atoms with Crippen LogP contribution in [0.5, 0.6) is 0 Å². The van der Waals surface area contributed by atoms with E-state index in [1.807, 2.05) is 0 Å². The Balaban J connectivity index is 1.25. The molecule has 1 atom stereocenters. The largest absolute Gasteiger partial charge is 0.378 e. The molecule has 0 unspecified atom stereocenters. The molecular formula is C28H31F2N7O5S. The fraction of sp³-hybridized carbons (Fsp3) is 0.393. The quantitative estimate of drug-likeness (QED) is 0.316. The van der Waals surface area contributed by atoms with Crippen LogP contribution >= 0.6 is 0 Å². The molecule has 2 amide bonds. The zero-order valence-corrected chi connectivity index (χ0v) is 24.0. The van der Waals surface area contributed by atoms with Gasteiger partial charge in [-0.3, -0.25) is 14.7 Å². The van der Waals surface area contributed by atoms with E-state index in [9.17, 15) is 26.8 Å². The summed E-state index contributed by atoms with van der Waals surface area (Å²) in [5.74, 6) is -2.67. The normalized spacial score (nSPS) is 19.2. The predicted octanol–water partition coefficient (Wildman–Crippen LogP) is 2.21. The number of carbonyl (C=O) groups excluding carboxylic acids is 2. The summed E-state index contributed by atoms with van der Waals surface area (Å²) in [6, 6.07) is 6.97. The number of benzene rings is 2. The summed E-state index contributed by atoms with van der Waals surface area (Å²) in [5, 5.41) is 15.9. The number of sulfonamides is 1. The number of carbonyl (C=O) groups is 2. The number of ether oxygens (including phenoxy) is 1. The van der Waals surface area contributed by atoms with Gasteiger partial charge < -0.3 is 25.6 Å². The zero-order chi connectivity index (χ0) is 30.1. The molecule has 0 spiro atoms. The number of hydrogen-bond donors (Lipinski definition) is 4. The smallest absolute Gasteiger partial charge is 0.258 e. The van der Waals surface area contributed by atoms with Crippen molar-refractivity contribution in [3.8, 4) is 0 Å². The molecule has 0 aliphatic carbocycles. The third-order valence-electron chi connectivity index (χ3n) is 7.86. The van der Waals surface area contributed by atoms with Gasteiger partial charge in [0.25, 0.3) is 5.91 Å². The topological polar surface area (TPSA) is 149 Å². The van der Waals surface area contributed by atoms with E-state index in [-0.39, 0.29) is 42.8 Å². The lowest BCUT2D eigenvalue weighted by atomic mass is 10.1. The Morgan fingerprint density at radius 2 is 1.79 bits per heavy atom. The molecule has 0 radical (unpaired) electrons. The SMILES string of the molecule is O=C(Nc1n[nH]c2c1CN(S(=O)(=O)c1cc(F)cc(F)c1)CC2)c1ccc(N2CCOCC2)cc1NC(=O)[C@H]1CCCN1. The number of aromatic nitrogens is 2. The van der Waals surface area contributed by atoms with Gasteiger partial charge in [-0.05, 0) is 49.7 Å². The Bertz CT molecular complexity index is 1630. The number of nitrogens with one attached hydrogen (secondary N) is 4. The van der Waals surface area contributed by atoms with Crippen molar-refractivity contribution in [3.63, 3.8) is 0 Å². The van der Waals surface area contributed by atoms with Crippen molar-refractivity contribution < 1.29 is 31.5 Å². The van der Waals surface area contributed by atoms with Crippen molar-refractivity contribution in [2.24, 2.45) is 0 Å². The molecular weight excluding hydrogens is 584 g/mol. The molecule has 3 aliphatic heterocycles. The maximum absolute atomic E-state index is 13.8. The lowest BCUT2D eigenvalue weighted by Crippen LogP contribution is -2.37. The highest BCUT2D eigenvalue weighted by Crippen LogP contribution is 2.31. The van der Waals surface area contributed by atoms with Crippen LogP contribution in [0.1, 0.15) is 34.5 Å². The summed E-state index contributed by atoms with van der Waals surface area (Å²) >= 11 is 0. The number of fused-ring (bicyclic) bond motifs is 1. The van der Waals surface area contributed by atoms with Crippen LogP contribution in [0, 0.1) is 11.6 Å². The molecule has 228 valence electrons. The van der Waals surface area contributed by atoms with Gasteiger partial charge in [-0.25, -0.2) is 17.2 Å². The fourth-order valence-electron chi connectivity index (χ4n) is 5.56. The summed E-state index contributed by atoms with van der Waals surface area (Å²) in [6.45, 7) is 3.10. The second kappa shape index (κ2) is 12.0. The number of nitrogens with zero attached hydrogens (tertiary/aromatic N) is 3. The molecule has 43 heavy (non-hydrogen) atoms. The lowest BCUT2D eigenvalue weighted by molar-refractivity contribution is -0.117. The highest BCUT2D eigenvalue weighted by Gasteiger charge is 2.33. The van der Waals surface area contributed by atoms with Gasteiger partial charge >= 0.3 is 0 Å². The van der Waals surface area contributed by atoms with Gasteiger partial charge in [-0.15, -0.1) is 0 Å². The fourth-order valence-corrected chi connectivity index (χ4v) is 7.01. The monoisotopic (exact) mass is 615 g/mol. The number of morpholine rings is 1. The maximum atomic E-state index is 13.8. The Kier molecular flexibility index (Phi) is 8.13. The minimum atomic E-state index is -4.24. The van der Waals surface area contributed by atoms with Crippen LogP contribution in [0.3, 0.4) is 0 Å². The Morgan fingerprint density at radius 1 is 1.02 bits per heavy atom. The minimum absolute atomic E-state index is 0.0530. The van der Waals surface area contributed by atoms with Gasteiger partial charge in [-0.2, -0.15) is 9.40 Å². The van der Waals surface area contributed by atoms with Gasteiger partial charge in [-0.1, -0.05) is 0 Å². The number of anilines is 3. The van der Waals surface area contributed by atoms with E-state index in [1.54, 1.807) is 18.2 Å². The summed E-state index contributed by atoms with van der Waals surface area (Å²) < 4.78 is 60.5. The Labute approximate surface area is 246 Å². The van der Waals surface area contributed by atoms with E-state index < -0.39 is 32.5 Å². The molecule has 2 saturated heterocycles. The molecule has 4 N–H and O–H groups in total. The van der Waals surface area contributed by atoms with E-state index >= 15 is 0 Å². The molecule has 15 heteroatoms. The molecule has 0 bridgehead atoms. The van der Waals surface area contributed by atoms with Crippen molar-refractivity contribution in [1.82, 2.24) is 19.8 Å². The molecule has 2 fully saturated rings. The van der Waals surface area contributed by atoms with Crippen molar-refractivity contribution >= 4 is 39.0 Å². The Morgan fingerprint density at radius 3 is 2.51 bits per heavy atom. The third-order valence-corrected chi connectivity index (χ3v) is 9.69. The van der Waals surface area contributed by atoms with E-state index in [0.717, 1.165) is 35.1 Å². The van der Waals surface area contributed by atoms with Gasteiger partial charge in [0.15, 0.2) is 5.82 Å². The second-order valence-electron chi connectivity index (χ2n) is 10.6. The highest BCUT2D eigenvalue weighted by molar-refractivity contribution is 7.89. The van der Waals surface area contributed by atoms with Crippen LogP contribution in [-0.4, -0.2) is 80.2 Å². The van der Waals surface area contributed by atoms with Gasteiger partial charge in [0, 0.05) is 55.6 Å². The summed E-state index contributed by atoms with van der Waals surface area (Å²) in [6.07, 6.45) is 1.82. The van der Waals surface area contributed by atoms with E-state index in [0.29, 0.717) is 55.7 Å². The van der Waals surface area contributed by atoms with E-state index in [4.69, 9.17) is 4.74 Å². The number of halogens is 2. The van der Waals surface area contributed by atoms with Crippen LogP contribution in [-0.2, 0) is 32.5 Å². The van der Waals surface area contributed by atoms with Crippen LogP contribution in [0.15, 0.2) is 41.3 Å². The molecule has 1 aromatic heterocycles. The summed E-state index contributed by atoms with van der Waals surface area (Å²) in [4.78, 5) is 28.2. The van der Waals surface area contributed by atoms with Crippen molar-refractivity contribution in [1.29, 1.82) is 0 Å². The number of rotatable bonds is 7. The molecule has 12 nitrogen and oxygen atoms in total. The average Bonchev–Trinajstić information content (AvgIpc) is 3.68. The number of aromatic amines is 1. The third kappa shape index (κ3) is 6.11. The molecule has 4 heterocycles. The van der Waals surface area contributed by atoms with E-state index in [2.05, 4.69) is 31.0 Å². The maximum Gasteiger partial charge on any atom is 0.258 e. The first-order valence-corrected chi connectivity index (χ1v) is 15.5. The number of amides is 2. The first-order valence-electron chi connectivity index (χ1n) is 14.0. The molecule has 3 aliphatic rings. The molecule has 6 rings (SSSR count). The van der Waals surface area contributed by atoms with Gasteiger partial charge in [0.2, 0.25) is 15.9 Å². The lowest BCUT2D eigenvalue weighted by Gasteiger charge is -2.29. The predicted molar refractivity (Wildman–Crippen MR) is 153 cm³/mol. The second-order valence-corrected chi connectivity index (χ2v) is 12.6. The van der Waals surface area contributed by atoms with Crippen LogP contribution < -0.4 is 20.9 Å². The van der Waals surface area contributed by atoms with Crippen molar-refractivity contribution in [2.75, 3.05) is 54.9 Å². The van der Waals surface area contributed by atoms with E-state index in [1.165, 1.54) is 0 Å². The van der Waals surface area contributed by atoms with Crippen LogP contribution in [0.25, 0.3) is 0 Å². The number of H-pyrrole nitrogens is 1. The van der Waals surface area contributed by atoms with Crippen LogP contribution in [0.4, 0.5) is 26.0 Å². The van der Waals surface area contributed by atoms with Crippen molar-refractivity contribution in [3.05, 3.63) is 64.9 Å². The molecule has 0 saturated carbocycles. The first kappa shape index (κ1) is 29.2. The number of hydrogen-bond acceptors (Lipinski definition) is 8. The van der Waals surface area contributed by atoms with Gasteiger partial charge in [0.1, 0.15) is 11.6 Å². The minimum Gasteiger partial charge on any atom is -0.378 e. The molecule has 2 aromatic carbocycles. The zero-order valence-electron chi connectivity index (χ0n) is 23.2.